The number of nitrogens with two attached hydrogens (primary N) is 1. The van der Waals surface area contributed by atoms with Crippen LogP contribution in [0.15, 0.2) is 48.7 Å². The zero-order valence-electron chi connectivity index (χ0n) is 15.7. The Bertz CT molecular complexity index is 844. The van der Waals surface area contributed by atoms with E-state index in [9.17, 15) is 9.59 Å². The summed E-state index contributed by atoms with van der Waals surface area (Å²) in [7, 11) is 0. The molecule has 3 heterocycles. The number of piperidine rings is 1. The van der Waals surface area contributed by atoms with Crippen molar-refractivity contribution in [2.75, 3.05) is 26.2 Å². The number of benzene rings is 1. The summed E-state index contributed by atoms with van der Waals surface area (Å²) in [5.74, 6) is 0.897. The highest BCUT2D eigenvalue weighted by molar-refractivity contribution is 5.95. The smallest absolute Gasteiger partial charge is 0.254 e. The number of rotatable bonds is 5. The van der Waals surface area contributed by atoms with Crippen LogP contribution in [0.2, 0.25) is 0 Å². The van der Waals surface area contributed by atoms with Gasteiger partial charge in [-0.2, -0.15) is 0 Å². The zero-order valence-corrected chi connectivity index (χ0v) is 15.7. The van der Waals surface area contributed by atoms with Gasteiger partial charge in [0.15, 0.2) is 0 Å². The fourth-order valence-corrected chi connectivity index (χ4v) is 3.80. The van der Waals surface area contributed by atoms with E-state index in [1.165, 1.54) is 0 Å². The summed E-state index contributed by atoms with van der Waals surface area (Å²) < 4.78 is 5.72. The van der Waals surface area contributed by atoms with Gasteiger partial charge in [-0.25, -0.2) is 4.98 Å². The lowest BCUT2D eigenvalue weighted by molar-refractivity contribution is -0.123. The molecule has 2 fully saturated rings. The van der Waals surface area contributed by atoms with Crippen molar-refractivity contribution in [3.8, 4) is 11.6 Å². The summed E-state index contributed by atoms with van der Waals surface area (Å²) in [5, 5.41) is 0. The van der Waals surface area contributed by atoms with Gasteiger partial charge in [-0.05, 0) is 50.2 Å². The van der Waals surface area contributed by atoms with Crippen LogP contribution in [0.5, 0.6) is 11.6 Å². The molecule has 1 aromatic carbocycles. The van der Waals surface area contributed by atoms with Crippen molar-refractivity contribution in [2.45, 2.75) is 18.9 Å². The molecule has 0 bridgehead atoms. The summed E-state index contributed by atoms with van der Waals surface area (Å²) >= 11 is 0. The van der Waals surface area contributed by atoms with Gasteiger partial charge in [0.2, 0.25) is 11.8 Å². The predicted octanol–water partition coefficient (Wildman–Crippen LogP) is 1.90. The number of aromatic nitrogens is 1. The van der Waals surface area contributed by atoms with Gasteiger partial charge in [0, 0.05) is 42.9 Å². The van der Waals surface area contributed by atoms with Crippen LogP contribution in [-0.4, -0.2) is 58.8 Å². The highest BCUT2D eigenvalue weighted by atomic mass is 16.5. The van der Waals surface area contributed by atoms with Gasteiger partial charge in [-0.1, -0.05) is 12.1 Å². The van der Waals surface area contributed by atoms with Crippen molar-refractivity contribution < 1.29 is 14.3 Å². The van der Waals surface area contributed by atoms with Crippen LogP contribution in [0.3, 0.4) is 0 Å². The third kappa shape index (κ3) is 3.99. The van der Waals surface area contributed by atoms with E-state index in [2.05, 4.69) is 9.88 Å². The molecule has 0 atom stereocenters. The Morgan fingerprint density at radius 2 is 1.86 bits per heavy atom. The van der Waals surface area contributed by atoms with Gasteiger partial charge < -0.3 is 15.4 Å². The third-order valence-electron chi connectivity index (χ3n) is 5.54. The molecular weight excluding hydrogens is 356 g/mol. The van der Waals surface area contributed by atoms with E-state index in [1.807, 2.05) is 29.2 Å². The Hall–Kier alpha value is -2.93. The summed E-state index contributed by atoms with van der Waals surface area (Å²) in [6.07, 6.45) is 3.29. The lowest BCUT2D eigenvalue weighted by Gasteiger charge is -2.47. The highest BCUT2D eigenvalue weighted by Gasteiger charge is 2.37. The van der Waals surface area contributed by atoms with Crippen LogP contribution < -0.4 is 10.5 Å². The molecule has 2 N–H and O–H groups in total. The van der Waals surface area contributed by atoms with Crippen molar-refractivity contribution in [1.82, 2.24) is 14.8 Å². The molecule has 0 saturated carbocycles. The van der Waals surface area contributed by atoms with E-state index < -0.39 is 0 Å². The van der Waals surface area contributed by atoms with Gasteiger partial charge in [0.05, 0.1) is 0 Å². The van der Waals surface area contributed by atoms with Crippen LogP contribution in [-0.2, 0) is 4.79 Å². The first kappa shape index (κ1) is 18.4. The molecule has 146 valence electrons. The molecule has 0 spiro atoms. The molecule has 2 aliphatic rings. The number of carbonyl (C=O) groups excluding carboxylic acids is 2. The van der Waals surface area contributed by atoms with Crippen LogP contribution >= 0.6 is 0 Å². The lowest BCUT2D eigenvalue weighted by atomic mass is 9.93. The predicted molar refractivity (Wildman–Crippen MR) is 104 cm³/mol. The van der Waals surface area contributed by atoms with E-state index in [-0.39, 0.29) is 17.7 Å². The topological polar surface area (TPSA) is 88.8 Å². The van der Waals surface area contributed by atoms with Gasteiger partial charge in [0.25, 0.3) is 5.91 Å². The molecule has 0 unspecified atom stereocenters. The van der Waals surface area contributed by atoms with E-state index in [1.54, 1.807) is 24.4 Å². The van der Waals surface area contributed by atoms with Crippen molar-refractivity contribution in [3.05, 3.63) is 54.2 Å². The van der Waals surface area contributed by atoms with E-state index in [0.29, 0.717) is 36.3 Å². The number of likely N-dealkylation sites (tertiary alicyclic amines) is 2. The first-order chi connectivity index (χ1) is 13.6. The Morgan fingerprint density at radius 1 is 1.07 bits per heavy atom. The largest absolute Gasteiger partial charge is 0.439 e. The van der Waals surface area contributed by atoms with Crippen molar-refractivity contribution >= 4 is 11.8 Å². The number of ether oxygens (including phenoxy) is 1. The minimum Gasteiger partial charge on any atom is -0.439 e. The van der Waals surface area contributed by atoms with Crippen LogP contribution in [0.1, 0.15) is 23.2 Å². The Labute approximate surface area is 164 Å². The second-order valence-electron chi connectivity index (χ2n) is 7.37. The summed E-state index contributed by atoms with van der Waals surface area (Å²) in [6, 6.07) is 13.0. The molecule has 7 heteroatoms. The van der Waals surface area contributed by atoms with Gasteiger partial charge in [0.1, 0.15) is 5.75 Å². The van der Waals surface area contributed by atoms with Crippen molar-refractivity contribution in [1.29, 1.82) is 0 Å². The number of hydrogen-bond acceptors (Lipinski definition) is 5. The fourth-order valence-electron chi connectivity index (χ4n) is 3.80. The number of hydrogen-bond donors (Lipinski definition) is 1. The SMILES string of the molecule is NC(=O)C1CCN(C2CN(C(=O)c3cccc(Oc4ccccn4)c3)C2)CC1. The van der Waals surface area contributed by atoms with Crippen LogP contribution in [0, 0.1) is 5.92 Å². The van der Waals surface area contributed by atoms with Gasteiger partial charge >= 0.3 is 0 Å². The highest BCUT2D eigenvalue weighted by Crippen LogP contribution is 2.26. The third-order valence-corrected chi connectivity index (χ3v) is 5.54. The molecule has 0 radical (unpaired) electrons. The minimum atomic E-state index is -0.196. The number of amides is 2. The summed E-state index contributed by atoms with van der Waals surface area (Å²) in [6.45, 7) is 3.16. The molecule has 2 amide bonds. The van der Waals surface area contributed by atoms with Crippen LogP contribution in [0.25, 0.3) is 0 Å². The summed E-state index contributed by atoms with van der Waals surface area (Å²) in [4.78, 5) is 32.4. The van der Waals surface area contributed by atoms with Crippen molar-refractivity contribution in [2.24, 2.45) is 11.7 Å². The molecule has 4 rings (SSSR count). The van der Waals surface area contributed by atoms with E-state index in [0.717, 1.165) is 25.9 Å². The number of carbonyl (C=O) groups is 2. The molecule has 2 aliphatic heterocycles. The normalized spacial score (nSPS) is 18.5. The molecule has 28 heavy (non-hydrogen) atoms. The minimum absolute atomic E-state index is 0.00379. The molecular formula is C21H24N4O3. The first-order valence-corrected chi connectivity index (χ1v) is 9.62. The number of nitrogens with zero attached hydrogens (tertiary/aromatic N) is 3. The zero-order chi connectivity index (χ0) is 19.5. The summed E-state index contributed by atoms with van der Waals surface area (Å²) in [5.41, 5.74) is 6.01. The Morgan fingerprint density at radius 3 is 2.54 bits per heavy atom. The quantitative estimate of drug-likeness (QED) is 0.856. The average Bonchev–Trinajstić information content (AvgIpc) is 2.68. The first-order valence-electron chi connectivity index (χ1n) is 9.62. The van der Waals surface area contributed by atoms with Crippen molar-refractivity contribution in [3.63, 3.8) is 0 Å². The number of primary amides is 1. The lowest BCUT2D eigenvalue weighted by Crippen LogP contribution is -2.62. The Kier molecular flexibility index (Phi) is 5.25. The average molecular weight is 380 g/mol. The molecule has 0 aliphatic carbocycles. The molecule has 1 aromatic heterocycles. The second kappa shape index (κ2) is 7.98. The number of pyridine rings is 1. The maximum absolute atomic E-state index is 12.8. The van der Waals surface area contributed by atoms with Gasteiger partial charge in [-0.3, -0.25) is 14.5 Å². The van der Waals surface area contributed by atoms with Gasteiger partial charge in [-0.15, -0.1) is 0 Å². The van der Waals surface area contributed by atoms with E-state index >= 15 is 0 Å². The monoisotopic (exact) mass is 380 g/mol. The second-order valence-corrected chi connectivity index (χ2v) is 7.37. The maximum atomic E-state index is 12.8. The Balaban J connectivity index is 1.31. The standard InChI is InChI=1S/C21H24N4O3/c22-20(26)15-7-10-24(11-8-15)17-13-25(14-17)21(27)16-4-3-5-18(12-16)28-19-6-1-2-9-23-19/h1-6,9,12,15,17H,7-8,10-11,13-14H2,(H2,22,26). The fraction of sp³-hybridized carbons (Fsp3) is 0.381. The molecule has 2 aromatic rings. The van der Waals surface area contributed by atoms with Crippen LogP contribution in [0.4, 0.5) is 0 Å². The maximum Gasteiger partial charge on any atom is 0.254 e. The molecule has 7 nitrogen and oxygen atoms in total. The molecule has 2 saturated heterocycles. The van der Waals surface area contributed by atoms with E-state index in [4.69, 9.17) is 10.5 Å².